The zero-order chi connectivity index (χ0) is 18.6. The molecule has 140 valence electrons. The molecule has 0 aromatic heterocycles. The van der Waals surface area contributed by atoms with Crippen molar-refractivity contribution in [3.8, 4) is 0 Å². The van der Waals surface area contributed by atoms with Gasteiger partial charge in [0.15, 0.2) is 0 Å². The fourth-order valence-corrected chi connectivity index (χ4v) is 33.5. The molecular weight excluding hydrogens is 471 g/mol. The summed E-state index contributed by atoms with van der Waals surface area (Å²) in [6.45, 7) is 18.9. The Morgan fingerprint density at radius 1 is 0.560 bits per heavy atom. The number of allylic oxidation sites excluding steroid dienone is 8. The summed E-state index contributed by atoms with van der Waals surface area (Å²) in [4.78, 5) is 0. The van der Waals surface area contributed by atoms with E-state index >= 15 is 0 Å². The minimum atomic E-state index is -3.41. The first-order chi connectivity index (χ1) is 12.1. The van der Waals surface area contributed by atoms with Gasteiger partial charge in [0.05, 0.1) is 0 Å². The number of nitrogens with zero attached hydrogens (tertiary/aromatic N) is 2. The van der Waals surface area contributed by atoms with E-state index in [1.54, 1.807) is 0 Å². The van der Waals surface area contributed by atoms with E-state index < -0.39 is 20.5 Å². The van der Waals surface area contributed by atoms with Gasteiger partial charge in [-0.1, -0.05) is 0 Å². The maximum absolute atomic E-state index is 3.41. The van der Waals surface area contributed by atoms with E-state index in [0.717, 1.165) is 26.2 Å². The average Bonchev–Trinajstić information content (AvgIpc) is 3.33. The first-order valence-corrected chi connectivity index (χ1v) is 17.1. The molecule has 2 nitrogen and oxygen atoms in total. The van der Waals surface area contributed by atoms with Crippen LogP contribution in [0, 0.1) is 0 Å². The van der Waals surface area contributed by atoms with Gasteiger partial charge in [0, 0.05) is 0 Å². The van der Waals surface area contributed by atoms with Crippen LogP contribution in [-0.4, -0.2) is 32.0 Å². The van der Waals surface area contributed by atoms with E-state index in [0.29, 0.717) is 0 Å². The fraction of sp³-hybridized carbons (Fsp3) is 0.636. The Morgan fingerprint density at radius 2 is 0.840 bits per heavy atom. The maximum atomic E-state index is 2.95. The van der Waals surface area contributed by atoms with Gasteiger partial charge in [-0.25, -0.2) is 0 Å². The Kier molecular flexibility index (Phi) is 7.26. The predicted molar refractivity (Wildman–Crippen MR) is 108 cm³/mol. The molecule has 0 bridgehead atoms. The average molecular weight is 509 g/mol. The molecular formula is C22H38HfN2. The summed E-state index contributed by atoms with van der Waals surface area (Å²) in [5.41, 5.74) is 0. The molecule has 0 unspecified atom stereocenters. The fourth-order valence-electron chi connectivity index (χ4n) is 5.62. The van der Waals surface area contributed by atoms with Crippen molar-refractivity contribution in [1.82, 2.24) is 5.78 Å². The molecule has 0 saturated heterocycles. The quantitative estimate of drug-likeness (QED) is 0.332. The van der Waals surface area contributed by atoms with Gasteiger partial charge in [-0.3, -0.25) is 0 Å². The third kappa shape index (κ3) is 2.95. The third-order valence-electron chi connectivity index (χ3n) is 6.71. The Labute approximate surface area is 161 Å². The summed E-state index contributed by atoms with van der Waals surface area (Å²) in [5.74, 6) is 0. The van der Waals surface area contributed by atoms with Crippen LogP contribution in [0.2, 0.25) is 6.34 Å². The van der Waals surface area contributed by atoms with Crippen molar-refractivity contribution >= 4 is 0 Å². The van der Waals surface area contributed by atoms with Crippen molar-refractivity contribution in [3.63, 3.8) is 0 Å². The molecule has 0 aromatic rings. The van der Waals surface area contributed by atoms with Crippen molar-refractivity contribution in [3.05, 3.63) is 48.6 Å². The normalized spacial score (nSPS) is 20.5. The Hall–Kier alpha value is -0.250. The predicted octanol–water partition coefficient (Wildman–Crippen LogP) is 6.04. The molecule has 0 atom stereocenters. The Morgan fingerprint density at radius 3 is 1.04 bits per heavy atom. The number of rotatable bonds is 10. The van der Waals surface area contributed by atoms with Crippen LogP contribution in [0.5, 0.6) is 0 Å². The third-order valence-corrected chi connectivity index (χ3v) is 32.1. The molecule has 3 heteroatoms. The molecule has 2 aliphatic rings. The van der Waals surface area contributed by atoms with Gasteiger partial charge < -0.3 is 0 Å². The van der Waals surface area contributed by atoms with Crippen LogP contribution in [-0.2, 0) is 20.5 Å². The van der Waals surface area contributed by atoms with Crippen LogP contribution in [0.15, 0.2) is 48.6 Å². The molecule has 0 aromatic carbocycles. The van der Waals surface area contributed by atoms with Crippen LogP contribution >= 0.6 is 0 Å². The second-order valence-corrected chi connectivity index (χ2v) is 23.3. The monoisotopic (exact) mass is 510 g/mol. The second-order valence-electron chi connectivity index (χ2n) is 7.24. The number of hydrogen-bond donors (Lipinski definition) is 0. The topological polar surface area (TPSA) is 6.48 Å². The molecule has 0 N–H and O–H groups in total. The van der Waals surface area contributed by atoms with Crippen molar-refractivity contribution in [1.29, 1.82) is 0 Å². The van der Waals surface area contributed by atoms with Crippen molar-refractivity contribution in [2.24, 2.45) is 0 Å². The first kappa shape index (κ1) is 21.1. The van der Waals surface area contributed by atoms with Crippen LogP contribution in [0.25, 0.3) is 0 Å². The van der Waals surface area contributed by atoms with Crippen LogP contribution in [0.1, 0.15) is 54.4 Å². The zero-order valence-electron chi connectivity index (χ0n) is 17.3. The van der Waals surface area contributed by atoms with Crippen LogP contribution < -0.4 is 0 Å². The van der Waals surface area contributed by atoms with Crippen LogP contribution in [0.4, 0.5) is 0 Å². The van der Waals surface area contributed by atoms with E-state index in [1.807, 2.05) is 0 Å². The van der Waals surface area contributed by atoms with Gasteiger partial charge in [0.25, 0.3) is 0 Å². The van der Waals surface area contributed by atoms with Crippen molar-refractivity contribution < 1.29 is 20.5 Å². The van der Waals surface area contributed by atoms with Gasteiger partial charge in [0.1, 0.15) is 0 Å². The Balaban J connectivity index is 2.88. The van der Waals surface area contributed by atoms with E-state index in [1.165, 1.54) is 12.8 Å². The molecule has 0 heterocycles. The zero-order valence-corrected chi connectivity index (χ0v) is 20.8. The summed E-state index contributed by atoms with van der Waals surface area (Å²) in [6, 6.07) is 0. The van der Waals surface area contributed by atoms with Gasteiger partial charge in [-0.15, -0.1) is 0 Å². The van der Waals surface area contributed by atoms with E-state index in [2.05, 4.69) is 95.9 Å². The van der Waals surface area contributed by atoms with Crippen molar-refractivity contribution in [2.75, 3.05) is 26.2 Å². The van der Waals surface area contributed by atoms with Gasteiger partial charge in [-0.2, -0.15) is 0 Å². The van der Waals surface area contributed by atoms with E-state index in [-0.39, 0.29) is 6.34 Å². The standard InChI is InChI=1S/2C7H9.2C4H10N.Hf/c2*1-2-7-5-3-4-6-7;2*1-3-5-4-2;/h2*3-6H,2H2,1H3;2*3-4H2,1-2H3;/q;;2*-1;+2. The molecule has 0 spiro atoms. The molecule has 0 aliphatic heterocycles. The SMILES string of the molecule is CC[N](CC)[Hf]([N](CC)CC)([C]1(CC)C=CC=C1)[C]1(CC)C=CC=C1. The van der Waals surface area contributed by atoms with Crippen molar-refractivity contribution in [2.45, 2.75) is 60.7 Å². The summed E-state index contributed by atoms with van der Waals surface area (Å²) in [5, 5.41) is 0. The molecule has 2 rings (SSSR count). The summed E-state index contributed by atoms with van der Waals surface area (Å²) < 4.78 is 6.38. The Bertz CT molecular complexity index is 476. The molecule has 0 radical (unpaired) electrons. The van der Waals surface area contributed by atoms with Gasteiger partial charge in [0.2, 0.25) is 0 Å². The molecule has 0 saturated carbocycles. The molecule has 2 aliphatic carbocycles. The van der Waals surface area contributed by atoms with E-state index in [9.17, 15) is 0 Å². The number of hydrogen-bond acceptors (Lipinski definition) is 2. The minimum absolute atomic E-state index is 0.236. The molecule has 0 amide bonds. The molecule has 0 fully saturated rings. The van der Waals surface area contributed by atoms with Gasteiger partial charge in [-0.05, 0) is 0 Å². The van der Waals surface area contributed by atoms with E-state index in [4.69, 9.17) is 0 Å². The van der Waals surface area contributed by atoms with Gasteiger partial charge >= 0.3 is 162 Å². The summed E-state index contributed by atoms with van der Waals surface area (Å²) in [7, 11) is 0. The summed E-state index contributed by atoms with van der Waals surface area (Å²) in [6.07, 6.45) is 22.0. The van der Waals surface area contributed by atoms with Crippen LogP contribution in [0.3, 0.4) is 0 Å². The summed E-state index contributed by atoms with van der Waals surface area (Å²) >= 11 is -3.41. The second kappa shape index (κ2) is 8.63. The first-order valence-electron chi connectivity index (χ1n) is 10.3. The molecule has 25 heavy (non-hydrogen) atoms.